The summed E-state index contributed by atoms with van der Waals surface area (Å²) in [5.41, 5.74) is 1.25. The molecule has 19 heavy (non-hydrogen) atoms. The molecule has 3 nitrogen and oxygen atoms in total. The van der Waals surface area contributed by atoms with Gasteiger partial charge in [-0.25, -0.2) is 0 Å². The van der Waals surface area contributed by atoms with E-state index in [1.165, 1.54) is 5.56 Å². The van der Waals surface area contributed by atoms with Gasteiger partial charge in [0.15, 0.2) is 0 Å². The van der Waals surface area contributed by atoms with Gasteiger partial charge >= 0.3 is 5.97 Å². The molecule has 0 aliphatic heterocycles. The molecule has 0 radical (unpaired) electrons. The van der Waals surface area contributed by atoms with Gasteiger partial charge in [0.25, 0.3) is 0 Å². The molecule has 100 valence electrons. The van der Waals surface area contributed by atoms with Crippen molar-refractivity contribution in [1.82, 2.24) is 0 Å². The Morgan fingerprint density at radius 2 is 2.05 bits per heavy atom. The van der Waals surface area contributed by atoms with E-state index in [1.807, 2.05) is 18.2 Å². The molecule has 0 heterocycles. The van der Waals surface area contributed by atoms with Gasteiger partial charge in [-0.1, -0.05) is 30.3 Å². The second-order valence-electron chi connectivity index (χ2n) is 5.50. The van der Waals surface area contributed by atoms with Crippen LogP contribution < -0.4 is 0 Å². The zero-order chi connectivity index (χ0) is 13.4. The molecule has 2 aliphatic carbocycles. The van der Waals surface area contributed by atoms with E-state index in [0.717, 1.165) is 6.42 Å². The van der Waals surface area contributed by atoms with Gasteiger partial charge in [-0.3, -0.25) is 9.59 Å². The zero-order valence-corrected chi connectivity index (χ0v) is 11.0. The maximum absolute atomic E-state index is 11.9. The lowest BCUT2D eigenvalue weighted by molar-refractivity contribution is -0.146. The highest BCUT2D eigenvalue weighted by atomic mass is 16.5. The first kappa shape index (κ1) is 12.4. The lowest BCUT2D eigenvalue weighted by Gasteiger charge is -2.13. The third-order valence-corrected chi connectivity index (χ3v) is 4.35. The third kappa shape index (κ3) is 2.18. The number of fused-ring (bicyclic) bond motifs is 1. The molecule has 3 rings (SSSR count). The molecule has 2 saturated carbocycles. The van der Waals surface area contributed by atoms with Crippen molar-refractivity contribution in [2.45, 2.75) is 19.8 Å². The van der Waals surface area contributed by atoms with Gasteiger partial charge in [0.1, 0.15) is 5.78 Å². The van der Waals surface area contributed by atoms with Gasteiger partial charge < -0.3 is 4.74 Å². The first-order chi connectivity index (χ1) is 9.22. The highest BCUT2D eigenvalue weighted by molar-refractivity contribution is 5.95. The average molecular weight is 258 g/mol. The summed E-state index contributed by atoms with van der Waals surface area (Å²) in [7, 11) is 0. The number of hydrogen-bond donors (Lipinski definition) is 0. The molecule has 2 aliphatic rings. The number of Topliss-reactive ketones (excluding diaryl/α,β-unsaturated/α-hetero) is 1. The topological polar surface area (TPSA) is 43.4 Å². The highest BCUT2D eigenvalue weighted by Gasteiger charge is 2.66. The Kier molecular flexibility index (Phi) is 3.13. The van der Waals surface area contributed by atoms with Crippen molar-refractivity contribution in [3.05, 3.63) is 35.9 Å². The fourth-order valence-corrected chi connectivity index (χ4v) is 3.53. The number of carbonyl (C=O) groups excluding carboxylic acids is 2. The molecule has 4 atom stereocenters. The van der Waals surface area contributed by atoms with E-state index in [2.05, 4.69) is 12.1 Å². The zero-order valence-electron chi connectivity index (χ0n) is 11.0. The molecule has 0 bridgehead atoms. The minimum atomic E-state index is -0.177. The molecule has 1 aromatic rings. The van der Waals surface area contributed by atoms with Gasteiger partial charge in [-0.2, -0.15) is 0 Å². The lowest BCUT2D eigenvalue weighted by atomic mass is 9.92. The van der Waals surface area contributed by atoms with E-state index >= 15 is 0 Å². The van der Waals surface area contributed by atoms with Gasteiger partial charge in [0.2, 0.25) is 0 Å². The molecule has 4 unspecified atom stereocenters. The first-order valence-corrected chi connectivity index (χ1v) is 6.95. The number of rotatable bonds is 4. The molecular formula is C16H18O3. The van der Waals surface area contributed by atoms with Crippen LogP contribution in [0.4, 0.5) is 0 Å². The Bertz CT molecular complexity index is 494. The van der Waals surface area contributed by atoms with Crippen molar-refractivity contribution in [3.63, 3.8) is 0 Å². The van der Waals surface area contributed by atoms with Crippen LogP contribution in [-0.2, 0) is 20.7 Å². The van der Waals surface area contributed by atoms with Crippen LogP contribution in [0, 0.1) is 23.7 Å². The molecule has 0 N–H and O–H groups in total. The molecule has 1 aromatic carbocycles. The smallest absolute Gasteiger partial charge is 0.309 e. The van der Waals surface area contributed by atoms with Gasteiger partial charge in [-0.05, 0) is 30.7 Å². The summed E-state index contributed by atoms with van der Waals surface area (Å²) >= 11 is 0. The maximum atomic E-state index is 11.9. The van der Waals surface area contributed by atoms with Crippen LogP contribution in [0.15, 0.2) is 30.3 Å². The molecule has 0 aromatic heterocycles. The summed E-state index contributed by atoms with van der Waals surface area (Å²) in [6.45, 7) is 2.20. The van der Waals surface area contributed by atoms with Crippen molar-refractivity contribution in [2.75, 3.05) is 6.61 Å². The van der Waals surface area contributed by atoms with Crippen LogP contribution in [0.25, 0.3) is 0 Å². The molecule has 0 amide bonds. The fourth-order valence-electron chi connectivity index (χ4n) is 3.53. The summed E-state index contributed by atoms with van der Waals surface area (Å²) in [6, 6.07) is 10.2. The fraction of sp³-hybridized carbons (Fsp3) is 0.500. The Morgan fingerprint density at radius 1 is 1.32 bits per heavy atom. The third-order valence-electron chi connectivity index (χ3n) is 4.35. The quantitative estimate of drug-likeness (QED) is 0.778. The second kappa shape index (κ2) is 4.80. The first-order valence-electron chi connectivity index (χ1n) is 6.95. The number of esters is 1. The predicted octanol–water partition coefficient (Wildman–Crippen LogP) is 2.24. The summed E-state index contributed by atoms with van der Waals surface area (Å²) in [5, 5.41) is 0. The van der Waals surface area contributed by atoms with Crippen molar-refractivity contribution in [2.24, 2.45) is 23.7 Å². The maximum Gasteiger partial charge on any atom is 0.309 e. The Morgan fingerprint density at radius 3 is 2.74 bits per heavy atom. The normalized spacial score (nSPS) is 31.9. The van der Waals surface area contributed by atoms with Crippen molar-refractivity contribution >= 4 is 11.8 Å². The lowest BCUT2D eigenvalue weighted by Crippen LogP contribution is -2.17. The van der Waals surface area contributed by atoms with Crippen molar-refractivity contribution < 1.29 is 14.3 Å². The molecule has 0 spiro atoms. The van der Waals surface area contributed by atoms with Crippen LogP contribution in [0.5, 0.6) is 0 Å². The van der Waals surface area contributed by atoms with E-state index in [1.54, 1.807) is 6.92 Å². The molecule has 3 heteroatoms. The molecule has 0 saturated heterocycles. The van der Waals surface area contributed by atoms with Crippen molar-refractivity contribution in [3.8, 4) is 0 Å². The molecule has 2 fully saturated rings. The summed E-state index contributed by atoms with van der Waals surface area (Å²) in [4.78, 5) is 23.7. The van der Waals surface area contributed by atoms with E-state index in [4.69, 9.17) is 4.74 Å². The Labute approximate surface area is 113 Å². The average Bonchev–Trinajstić information content (AvgIpc) is 3.07. The van der Waals surface area contributed by atoms with Crippen LogP contribution in [-0.4, -0.2) is 18.4 Å². The van der Waals surface area contributed by atoms with Crippen LogP contribution in [0.3, 0.4) is 0 Å². The highest BCUT2D eigenvalue weighted by Crippen LogP contribution is 2.59. The minimum absolute atomic E-state index is 0.0484. The molecular weight excluding hydrogens is 240 g/mol. The van der Waals surface area contributed by atoms with E-state index in [9.17, 15) is 9.59 Å². The monoisotopic (exact) mass is 258 g/mol. The van der Waals surface area contributed by atoms with E-state index in [0.29, 0.717) is 18.9 Å². The number of hydrogen-bond acceptors (Lipinski definition) is 3. The number of benzene rings is 1. The van der Waals surface area contributed by atoms with E-state index in [-0.39, 0.29) is 29.5 Å². The minimum Gasteiger partial charge on any atom is -0.466 e. The standard InChI is InChI=1S/C16H18O3/c1-2-19-16(18)15-13-11(9-12(17)14(13)15)8-10-6-4-3-5-7-10/h3-7,11,13-15H,2,8-9H2,1H3. The number of carbonyl (C=O) groups is 2. The van der Waals surface area contributed by atoms with Crippen LogP contribution >= 0.6 is 0 Å². The summed E-state index contributed by atoms with van der Waals surface area (Å²) in [6.07, 6.45) is 1.52. The van der Waals surface area contributed by atoms with Crippen LogP contribution in [0.1, 0.15) is 18.9 Å². The van der Waals surface area contributed by atoms with Gasteiger partial charge in [0, 0.05) is 12.3 Å². The Balaban J connectivity index is 1.68. The number of ketones is 1. The predicted molar refractivity (Wildman–Crippen MR) is 70.4 cm³/mol. The van der Waals surface area contributed by atoms with E-state index < -0.39 is 0 Å². The Hall–Kier alpha value is -1.64. The van der Waals surface area contributed by atoms with Gasteiger partial charge in [-0.15, -0.1) is 0 Å². The van der Waals surface area contributed by atoms with Crippen molar-refractivity contribution in [1.29, 1.82) is 0 Å². The largest absolute Gasteiger partial charge is 0.466 e. The van der Waals surface area contributed by atoms with Gasteiger partial charge in [0.05, 0.1) is 12.5 Å². The summed E-state index contributed by atoms with van der Waals surface area (Å²) < 4.78 is 5.06. The number of ether oxygens (including phenoxy) is 1. The summed E-state index contributed by atoms with van der Waals surface area (Å²) in [5.74, 6) is 0.413. The SMILES string of the molecule is CCOC(=O)C1C2C(=O)CC(Cc3ccccc3)C21. The second-order valence-corrected chi connectivity index (χ2v) is 5.50. The van der Waals surface area contributed by atoms with Crippen LogP contribution in [0.2, 0.25) is 0 Å².